The number of hydrogen-bond acceptors (Lipinski definition) is 1. The second-order valence-electron chi connectivity index (χ2n) is 5.07. The van der Waals surface area contributed by atoms with Gasteiger partial charge in [-0.1, -0.05) is 60.7 Å². The van der Waals surface area contributed by atoms with Crippen molar-refractivity contribution in [2.75, 3.05) is 0 Å². The van der Waals surface area contributed by atoms with Crippen molar-refractivity contribution in [2.24, 2.45) is 0 Å². The Labute approximate surface area is 125 Å². The summed E-state index contributed by atoms with van der Waals surface area (Å²) in [6, 6.07) is 21.1. The van der Waals surface area contributed by atoms with Crippen molar-refractivity contribution in [3.8, 4) is 0 Å². The van der Waals surface area contributed by atoms with E-state index in [1.165, 1.54) is 17.0 Å². The van der Waals surface area contributed by atoms with E-state index in [9.17, 15) is 0 Å². The van der Waals surface area contributed by atoms with Crippen molar-refractivity contribution in [3.63, 3.8) is 0 Å². The summed E-state index contributed by atoms with van der Waals surface area (Å²) in [6.45, 7) is 4.02. The molecule has 0 bridgehead atoms. The van der Waals surface area contributed by atoms with Crippen LogP contribution in [-0.2, 0) is 13.1 Å². The molecule has 3 rings (SSSR count). The van der Waals surface area contributed by atoms with E-state index in [-0.39, 0.29) is 5.48 Å². The van der Waals surface area contributed by atoms with Gasteiger partial charge in [-0.05, 0) is 11.1 Å². The molecule has 0 fully saturated rings. The number of benzene rings is 2. The van der Waals surface area contributed by atoms with Crippen molar-refractivity contribution >= 4 is 0 Å². The monoisotopic (exact) mass is 280 g/mol. The van der Waals surface area contributed by atoms with E-state index in [1.54, 1.807) is 0 Å². The van der Waals surface area contributed by atoms with E-state index in [1.807, 2.05) is 0 Å². The van der Waals surface area contributed by atoms with Crippen LogP contribution in [0, 0.1) is 6.92 Å². The molecule has 0 aliphatic heterocycles. The molecule has 0 atom stereocenters. The lowest BCUT2D eigenvalue weighted by atomic mass is 10.2. The molecule has 1 aromatic heterocycles. The average molecular weight is 280 g/mol. The molecule has 0 spiro atoms. The molecule has 1 N–H and O–H groups in total. The molecule has 3 heteroatoms. The number of rotatable bonds is 4. The highest BCUT2D eigenvalue weighted by Crippen LogP contribution is 2.05. The van der Waals surface area contributed by atoms with Gasteiger partial charge in [0.1, 0.15) is 25.5 Å². The Balaban J connectivity index is 0.00000161. The predicted octanol–water partition coefficient (Wildman–Crippen LogP) is 3.00. The van der Waals surface area contributed by atoms with Gasteiger partial charge in [0, 0.05) is 6.92 Å². The van der Waals surface area contributed by atoms with Crippen molar-refractivity contribution < 1.29 is 10.0 Å². The zero-order valence-corrected chi connectivity index (χ0v) is 12.2. The van der Waals surface area contributed by atoms with E-state index in [4.69, 9.17) is 0 Å². The van der Waals surface area contributed by atoms with Gasteiger partial charge in [-0.25, -0.2) is 9.13 Å². The van der Waals surface area contributed by atoms with Crippen molar-refractivity contribution in [3.05, 3.63) is 90.0 Å². The molecule has 0 aliphatic carbocycles. The lowest BCUT2D eigenvalue weighted by molar-refractivity contribution is -0.693. The Morgan fingerprint density at radius 3 is 2.05 bits per heavy atom. The first-order valence-electron chi connectivity index (χ1n) is 6.96. The number of nitrogens with zero attached hydrogens (tertiary/aromatic N) is 2. The molecule has 1 heterocycles. The Bertz CT molecular complexity index is 616. The van der Waals surface area contributed by atoms with E-state index in [0.29, 0.717) is 0 Å². The molecule has 0 radical (unpaired) electrons. The van der Waals surface area contributed by atoms with Crippen LogP contribution in [0.4, 0.5) is 0 Å². The summed E-state index contributed by atoms with van der Waals surface area (Å²) in [5.41, 5.74) is 2.66. The second-order valence-corrected chi connectivity index (χ2v) is 5.07. The van der Waals surface area contributed by atoms with Crippen molar-refractivity contribution in [1.82, 2.24) is 4.57 Å². The lowest BCUT2D eigenvalue weighted by Crippen LogP contribution is -2.36. The average Bonchev–Trinajstić information content (AvgIpc) is 2.83. The molecule has 3 nitrogen and oxygen atoms in total. The first-order valence-corrected chi connectivity index (χ1v) is 6.96. The molecule has 0 saturated heterocycles. The Hall–Kier alpha value is -2.39. The molecular weight excluding hydrogens is 260 g/mol. The summed E-state index contributed by atoms with van der Waals surface area (Å²) in [4.78, 5) is 0. The molecule has 0 amide bonds. The van der Waals surface area contributed by atoms with Gasteiger partial charge in [0.05, 0.1) is 0 Å². The van der Waals surface area contributed by atoms with Crippen molar-refractivity contribution in [1.29, 1.82) is 0 Å². The predicted molar refractivity (Wildman–Crippen MR) is 82.4 cm³/mol. The molecule has 108 valence electrons. The topological polar surface area (TPSA) is 38.8 Å². The van der Waals surface area contributed by atoms with E-state index in [0.717, 1.165) is 13.1 Å². The molecule has 3 aromatic rings. The third-order valence-corrected chi connectivity index (χ3v) is 3.65. The van der Waals surface area contributed by atoms with Gasteiger partial charge in [-0.2, -0.15) is 0 Å². The van der Waals surface area contributed by atoms with Gasteiger partial charge in [0.15, 0.2) is 0 Å². The zero-order chi connectivity index (χ0) is 13.8. The fourth-order valence-corrected chi connectivity index (χ4v) is 2.44. The van der Waals surface area contributed by atoms with Crippen LogP contribution >= 0.6 is 0 Å². The van der Waals surface area contributed by atoms with Gasteiger partial charge < -0.3 is 5.48 Å². The fourth-order valence-electron chi connectivity index (χ4n) is 2.44. The van der Waals surface area contributed by atoms with Crippen LogP contribution in [-0.4, -0.2) is 10.0 Å². The van der Waals surface area contributed by atoms with Gasteiger partial charge in [0.2, 0.25) is 0 Å². The molecule has 2 aromatic carbocycles. The molecular formula is C18H20N2O. The summed E-state index contributed by atoms with van der Waals surface area (Å²) in [5, 5.41) is 0. The minimum atomic E-state index is 0. The van der Waals surface area contributed by atoms with Gasteiger partial charge >= 0.3 is 0 Å². The van der Waals surface area contributed by atoms with Crippen LogP contribution in [0.25, 0.3) is 0 Å². The maximum Gasteiger partial charge on any atom is 0.253 e. The quantitative estimate of drug-likeness (QED) is 0.677. The second kappa shape index (κ2) is 6.86. The van der Waals surface area contributed by atoms with Crippen LogP contribution in [0.3, 0.4) is 0 Å². The molecule has 0 aliphatic rings. The Morgan fingerprint density at radius 1 is 0.857 bits per heavy atom. The SMILES string of the molecule is Cc1n(Cc2ccccc2)cc[n+]1Cc1ccccc1.[OH-]. The Kier molecular flexibility index (Phi) is 4.90. The summed E-state index contributed by atoms with van der Waals surface area (Å²) >= 11 is 0. The van der Waals surface area contributed by atoms with Crippen LogP contribution < -0.4 is 4.57 Å². The van der Waals surface area contributed by atoms with Gasteiger partial charge in [-0.15, -0.1) is 0 Å². The number of aromatic nitrogens is 2. The van der Waals surface area contributed by atoms with Gasteiger partial charge in [0.25, 0.3) is 5.82 Å². The minimum absolute atomic E-state index is 0. The third kappa shape index (κ3) is 3.58. The summed E-state index contributed by atoms with van der Waals surface area (Å²) in [7, 11) is 0. The maximum absolute atomic E-state index is 2.29. The minimum Gasteiger partial charge on any atom is -0.870 e. The van der Waals surface area contributed by atoms with E-state index >= 15 is 0 Å². The zero-order valence-electron chi connectivity index (χ0n) is 12.2. The standard InChI is InChI=1S/C18H19N2.H2O/c1-16-19(14-17-8-4-2-5-9-17)12-13-20(16)15-18-10-6-3-7-11-18;/h2-13H,14-15H2,1H3;1H2/q+1;/p-1. The van der Waals surface area contributed by atoms with Crippen LogP contribution in [0.2, 0.25) is 0 Å². The number of hydrogen-bond donors (Lipinski definition) is 0. The summed E-state index contributed by atoms with van der Waals surface area (Å²) in [5.74, 6) is 1.28. The van der Waals surface area contributed by atoms with E-state index < -0.39 is 0 Å². The highest BCUT2D eigenvalue weighted by atomic mass is 16.0. The van der Waals surface area contributed by atoms with Crippen LogP contribution in [0.15, 0.2) is 73.1 Å². The largest absolute Gasteiger partial charge is 0.870 e. The van der Waals surface area contributed by atoms with Crippen molar-refractivity contribution in [2.45, 2.75) is 20.0 Å². The van der Waals surface area contributed by atoms with Gasteiger partial charge in [-0.3, -0.25) is 0 Å². The Morgan fingerprint density at radius 2 is 1.43 bits per heavy atom. The third-order valence-electron chi connectivity index (χ3n) is 3.65. The maximum atomic E-state index is 2.29. The molecule has 21 heavy (non-hydrogen) atoms. The number of imidazole rings is 1. The smallest absolute Gasteiger partial charge is 0.253 e. The summed E-state index contributed by atoms with van der Waals surface area (Å²) in [6.07, 6.45) is 4.32. The molecule has 0 unspecified atom stereocenters. The first-order chi connectivity index (χ1) is 9.83. The molecule has 0 saturated carbocycles. The highest BCUT2D eigenvalue weighted by Gasteiger charge is 2.12. The normalized spacial score (nSPS) is 10.1. The first kappa shape index (κ1) is 15.0. The van der Waals surface area contributed by atoms with E-state index in [2.05, 4.69) is 89.1 Å². The van der Waals surface area contributed by atoms with Crippen LogP contribution in [0.5, 0.6) is 0 Å². The lowest BCUT2D eigenvalue weighted by Gasteiger charge is -2.02. The van der Waals surface area contributed by atoms with Crippen LogP contribution in [0.1, 0.15) is 17.0 Å². The highest BCUT2D eigenvalue weighted by molar-refractivity contribution is 5.15. The summed E-state index contributed by atoms with van der Waals surface area (Å²) < 4.78 is 4.58. The fraction of sp³-hybridized carbons (Fsp3) is 0.167.